The summed E-state index contributed by atoms with van der Waals surface area (Å²) >= 11 is 0. The Morgan fingerprint density at radius 1 is 1.21 bits per heavy atom. The molecule has 1 heterocycles. The predicted octanol–water partition coefficient (Wildman–Crippen LogP) is 3.95. The highest BCUT2D eigenvalue weighted by molar-refractivity contribution is 4.91. The molecule has 0 N–H and O–H groups in total. The maximum absolute atomic E-state index is 2.47. The summed E-state index contributed by atoms with van der Waals surface area (Å²) in [5.74, 6) is 0. The van der Waals surface area contributed by atoms with Crippen molar-refractivity contribution in [1.82, 2.24) is 9.80 Å². The van der Waals surface area contributed by atoms with Crippen LogP contribution in [-0.4, -0.2) is 48.6 Å². The molecule has 0 saturated heterocycles. The van der Waals surface area contributed by atoms with Gasteiger partial charge in [-0.2, -0.15) is 0 Å². The Morgan fingerprint density at radius 2 is 1.89 bits per heavy atom. The van der Waals surface area contributed by atoms with Crippen molar-refractivity contribution >= 4 is 0 Å². The van der Waals surface area contributed by atoms with Gasteiger partial charge in [-0.3, -0.25) is 4.90 Å². The average molecular weight is 266 g/mol. The zero-order valence-electron chi connectivity index (χ0n) is 13.9. The van der Waals surface area contributed by atoms with Crippen LogP contribution in [0.5, 0.6) is 0 Å². The highest BCUT2D eigenvalue weighted by atomic mass is 15.1. The molecule has 0 aromatic rings. The maximum Gasteiger partial charge on any atom is 0.0166 e. The summed E-state index contributed by atoms with van der Waals surface area (Å²) in [6.07, 6.45) is 11.2. The molecular formula is C17H34N2. The molecule has 0 saturated carbocycles. The molecule has 2 nitrogen and oxygen atoms in total. The van der Waals surface area contributed by atoms with Gasteiger partial charge in [0.05, 0.1) is 0 Å². The molecule has 0 spiro atoms. The van der Waals surface area contributed by atoms with E-state index in [1.807, 2.05) is 0 Å². The summed E-state index contributed by atoms with van der Waals surface area (Å²) in [6, 6.07) is 1.39. The van der Waals surface area contributed by atoms with Crippen LogP contribution in [-0.2, 0) is 0 Å². The van der Waals surface area contributed by atoms with Crippen molar-refractivity contribution in [3.63, 3.8) is 0 Å². The molecule has 1 aliphatic rings. The van der Waals surface area contributed by atoms with Crippen LogP contribution in [0.3, 0.4) is 0 Å². The quantitative estimate of drug-likeness (QED) is 0.695. The van der Waals surface area contributed by atoms with Crippen LogP contribution >= 0.6 is 0 Å². The van der Waals surface area contributed by atoms with Crippen molar-refractivity contribution in [2.75, 3.05) is 26.7 Å². The van der Waals surface area contributed by atoms with Crippen molar-refractivity contribution in [2.45, 2.75) is 59.5 Å². The summed E-state index contributed by atoms with van der Waals surface area (Å²) in [7, 11) is 2.16. The Morgan fingerprint density at radius 3 is 2.26 bits per heavy atom. The number of allylic oxidation sites excluding steroid dienone is 1. The molecule has 112 valence electrons. The normalized spacial score (nSPS) is 16.5. The first-order valence-corrected chi connectivity index (χ1v) is 7.69. The van der Waals surface area contributed by atoms with Crippen LogP contribution in [0.15, 0.2) is 24.3 Å². The van der Waals surface area contributed by atoms with Gasteiger partial charge in [-0.1, -0.05) is 24.3 Å². The van der Waals surface area contributed by atoms with Crippen LogP contribution in [0.1, 0.15) is 47.5 Å². The third-order valence-corrected chi connectivity index (χ3v) is 3.59. The molecule has 0 atom stereocenters. The third-order valence-electron chi connectivity index (χ3n) is 3.59. The smallest absolute Gasteiger partial charge is 0.0166 e. The molecule has 0 bridgehead atoms. The Hall–Kier alpha value is -0.600. The van der Waals surface area contributed by atoms with Gasteiger partial charge in [0, 0.05) is 31.7 Å². The van der Waals surface area contributed by atoms with Gasteiger partial charge in [0.25, 0.3) is 0 Å². The summed E-state index contributed by atoms with van der Waals surface area (Å²) in [5, 5.41) is 0. The standard InChI is InChI=1S/C9H19N.C8H15N/c1-5-6-7-8-10(4)9(2)3;1-8(2)9-6-4-3-5-7-9/h5-6,9H,7-8H2,1-4H3;3-4,8H,5-7H2,1-2H3/b6-5-;. The minimum Gasteiger partial charge on any atom is -0.304 e. The van der Waals surface area contributed by atoms with Gasteiger partial charge < -0.3 is 4.90 Å². The van der Waals surface area contributed by atoms with Gasteiger partial charge in [0.2, 0.25) is 0 Å². The van der Waals surface area contributed by atoms with Crippen molar-refractivity contribution < 1.29 is 0 Å². The van der Waals surface area contributed by atoms with Gasteiger partial charge in [-0.15, -0.1) is 0 Å². The summed E-state index contributed by atoms with van der Waals surface area (Å²) in [6.45, 7) is 14.6. The lowest BCUT2D eigenvalue weighted by atomic mass is 10.2. The van der Waals surface area contributed by atoms with Crippen molar-refractivity contribution in [3.05, 3.63) is 24.3 Å². The molecule has 0 aromatic carbocycles. The predicted molar refractivity (Wildman–Crippen MR) is 87.7 cm³/mol. The maximum atomic E-state index is 2.47. The molecule has 0 unspecified atom stereocenters. The molecule has 0 aliphatic carbocycles. The van der Waals surface area contributed by atoms with E-state index in [-0.39, 0.29) is 0 Å². The minimum atomic E-state index is 0.672. The molecule has 0 aromatic heterocycles. The van der Waals surface area contributed by atoms with Crippen LogP contribution in [0.25, 0.3) is 0 Å². The number of nitrogens with zero attached hydrogens (tertiary/aromatic N) is 2. The Balaban J connectivity index is 0.000000342. The average Bonchev–Trinajstić information content (AvgIpc) is 2.40. The molecular weight excluding hydrogens is 232 g/mol. The summed E-state index contributed by atoms with van der Waals surface area (Å²) in [4.78, 5) is 4.82. The van der Waals surface area contributed by atoms with Crippen LogP contribution < -0.4 is 0 Å². The van der Waals surface area contributed by atoms with Gasteiger partial charge in [-0.05, 0) is 54.5 Å². The van der Waals surface area contributed by atoms with E-state index in [1.54, 1.807) is 0 Å². The van der Waals surface area contributed by atoms with E-state index in [4.69, 9.17) is 0 Å². The Bertz CT molecular complexity index is 254. The lowest BCUT2D eigenvalue weighted by Gasteiger charge is -2.26. The fourth-order valence-corrected chi connectivity index (χ4v) is 1.83. The molecule has 0 amide bonds. The zero-order chi connectivity index (χ0) is 14.7. The number of hydrogen-bond donors (Lipinski definition) is 0. The first-order chi connectivity index (χ1) is 8.99. The van der Waals surface area contributed by atoms with Crippen LogP contribution in [0.4, 0.5) is 0 Å². The first kappa shape index (κ1) is 18.4. The van der Waals surface area contributed by atoms with E-state index >= 15 is 0 Å². The lowest BCUT2D eigenvalue weighted by molar-refractivity contribution is 0.243. The van der Waals surface area contributed by atoms with E-state index in [1.165, 1.54) is 25.9 Å². The van der Waals surface area contributed by atoms with Crippen LogP contribution in [0, 0.1) is 0 Å². The zero-order valence-corrected chi connectivity index (χ0v) is 13.9. The first-order valence-electron chi connectivity index (χ1n) is 7.69. The Labute approximate surface area is 121 Å². The van der Waals surface area contributed by atoms with Crippen molar-refractivity contribution in [1.29, 1.82) is 0 Å². The second-order valence-corrected chi connectivity index (χ2v) is 5.78. The molecule has 1 rings (SSSR count). The second kappa shape index (κ2) is 11.2. The largest absolute Gasteiger partial charge is 0.304 e. The highest BCUT2D eigenvalue weighted by Gasteiger charge is 2.07. The van der Waals surface area contributed by atoms with E-state index < -0.39 is 0 Å². The van der Waals surface area contributed by atoms with Crippen molar-refractivity contribution in [3.8, 4) is 0 Å². The number of hydrogen-bond acceptors (Lipinski definition) is 2. The SMILES string of the molecule is C/C=C\CCN(C)C(C)C.CC(C)N1CC=CCC1. The van der Waals surface area contributed by atoms with Crippen molar-refractivity contribution in [2.24, 2.45) is 0 Å². The number of rotatable bonds is 5. The fourth-order valence-electron chi connectivity index (χ4n) is 1.83. The second-order valence-electron chi connectivity index (χ2n) is 5.78. The molecule has 19 heavy (non-hydrogen) atoms. The molecule has 1 aliphatic heterocycles. The van der Waals surface area contributed by atoms with Gasteiger partial charge in [0.1, 0.15) is 0 Å². The third kappa shape index (κ3) is 9.92. The molecule has 0 fully saturated rings. The molecule has 2 heteroatoms. The topological polar surface area (TPSA) is 6.48 Å². The van der Waals surface area contributed by atoms with E-state index in [2.05, 4.69) is 75.8 Å². The minimum absolute atomic E-state index is 0.672. The monoisotopic (exact) mass is 266 g/mol. The fraction of sp³-hybridized carbons (Fsp3) is 0.765. The van der Waals surface area contributed by atoms with Gasteiger partial charge in [0.15, 0.2) is 0 Å². The van der Waals surface area contributed by atoms with E-state index in [0.29, 0.717) is 6.04 Å². The summed E-state index contributed by atoms with van der Waals surface area (Å²) < 4.78 is 0. The Kier molecular flexibility index (Phi) is 10.9. The molecule has 0 radical (unpaired) electrons. The summed E-state index contributed by atoms with van der Waals surface area (Å²) in [5.41, 5.74) is 0. The van der Waals surface area contributed by atoms with E-state index in [9.17, 15) is 0 Å². The lowest BCUT2D eigenvalue weighted by Crippen LogP contribution is -2.33. The van der Waals surface area contributed by atoms with E-state index in [0.717, 1.165) is 12.6 Å². The van der Waals surface area contributed by atoms with Gasteiger partial charge in [-0.25, -0.2) is 0 Å². The van der Waals surface area contributed by atoms with Gasteiger partial charge >= 0.3 is 0 Å². The van der Waals surface area contributed by atoms with Crippen LogP contribution in [0.2, 0.25) is 0 Å². The highest BCUT2D eigenvalue weighted by Crippen LogP contribution is 2.04.